The third kappa shape index (κ3) is 14.0. The molecule has 0 aromatic heterocycles. The van der Waals surface area contributed by atoms with Crippen LogP contribution in [-0.4, -0.2) is 173 Å². The summed E-state index contributed by atoms with van der Waals surface area (Å²) in [6.07, 6.45) is 5.58. The predicted molar refractivity (Wildman–Crippen MR) is 178 cm³/mol. The first kappa shape index (κ1) is 37.2. The van der Waals surface area contributed by atoms with E-state index in [4.69, 9.17) is 9.47 Å². The Morgan fingerprint density at radius 1 is 0.659 bits per heavy atom. The number of likely N-dealkylation sites (tertiary alicyclic amines) is 2. The van der Waals surface area contributed by atoms with Crippen molar-refractivity contribution in [3.63, 3.8) is 0 Å². The van der Waals surface area contributed by atoms with Crippen LogP contribution in [0.2, 0.25) is 0 Å². The average Bonchev–Trinajstić information content (AvgIpc) is 3.04. The van der Waals surface area contributed by atoms with Crippen molar-refractivity contribution < 1.29 is 19.1 Å². The Morgan fingerprint density at radius 3 is 1.68 bits per heavy atom. The molecule has 4 fully saturated rings. The van der Waals surface area contributed by atoms with Crippen molar-refractivity contribution in [1.29, 1.82) is 0 Å². The van der Waals surface area contributed by atoms with Gasteiger partial charge in [-0.3, -0.25) is 14.5 Å². The highest BCUT2D eigenvalue weighted by molar-refractivity contribution is 5.77. The summed E-state index contributed by atoms with van der Waals surface area (Å²) < 4.78 is 11.2. The minimum atomic E-state index is 0.168. The fourth-order valence-corrected chi connectivity index (χ4v) is 6.56. The zero-order valence-electron chi connectivity index (χ0n) is 29.0. The van der Waals surface area contributed by atoms with Crippen LogP contribution in [0.25, 0.3) is 0 Å². The minimum Gasteiger partial charge on any atom is -0.372 e. The fraction of sp³-hybridized carbons (Fsp3) is 0.941. The first-order valence-corrected chi connectivity index (χ1v) is 17.8. The molecule has 0 atom stereocenters. The standard InChI is InChI=1S/C18H35N3O2.C16H31N3O2/c1-4-19-9-11-20(12-10-19)13-14-23-15-18(22)21-7-5-17(6-8-21)16(2)3;1-15-4-7-19(8-5-15)16(20)14-21-13-3-6-18-11-9-17(2)10-12-18/h16-17H,4-15H2,1-3H3;15H,3-14H2,1-2H3. The van der Waals surface area contributed by atoms with Crippen molar-refractivity contribution in [2.75, 3.05) is 132 Å². The van der Waals surface area contributed by atoms with Gasteiger partial charge in [-0.05, 0) is 63.5 Å². The summed E-state index contributed by atoms with van der Waals surface area (Å²) in [6, 6.07) is 0. The number of rotatable bonds is 13. The Kier molecular flexibility index (Phi) is 17.5. The van der Waals surface area contributed by atoms with E-state index >= 15 is 0 Å². The molecule has 0 radical (unpaired) electrons. The van der Waals surface area contributed by atoms with Crippen LogP contribution in [0.3, 0.4) is 0 Å². The molecular formula is C34H66N6O4. The van der Waals surface area contributed by atoms with E-state index in [2.05, 4.69) is 54.3 Å². The number of piperidine rings is 2. The molecule has 10 heteroatoms. The lowest BCUT2D eigenvalue weighted by Gasteiger charge is -2.34. The van der Waals surface area contributed by atoms with E-state index in [0.717, 1.165) is 148 Å². The van der Waals surface area contributed by atoms with E-state index in [1.807, 2.05) is 9.80 Å². The number of piperazine rings is 2. The molecule has 2 amide bonds. The number of carbonyl (C=O) groups is 2. The highest BCUT2D eigenvalue weighted by Crippen LogP contribution is 2.24. The Bertz CT molecular complexity index is 785. The first-order chi connectivity index (χ1) is 21.2. The number of hydrogen-bond acceptors (Lipinski definition) is 8. The molecule has 10 nitrogen and oxygen atoms in total. The van der Waals surface area contributed by atoms with Gasteiger partial charge in [-0.1, -0.05) is 27.7 Å². The Balaban J connectivity index is 0.000000241. The van der Waals surface area contributed by atoms with Crippen LogP contribution in [0, 0.1) is 17.8 Å². The van der Waals surface area contributed by atoms with Crippen molar-refractivity contribution in [3.05, 3.63) is 0 Å². The van der Waals surface area contributed by atoms with Crippen LogP contribution >= 0.6 is 0 Å². The van der Waals surface area contributed by atoms with Crippen molar-refractivity contribution in [2.24, 2.45) is 17.8 Å². The lowest BCUT2D eigenvalue weighted by Crippen LogP contribution is -2.47. The number of amides is 2. The summed E-state index contributed by atoms with van der Waals surface area (Å²) in [5.74, 6) is 2.61. The second-order valence-corrected chi connectivity index (χ2v) is 13.9. The molecule has 0 bridgehead atoms. The van der Waals surface area contributed by atoms with Crippen LogP contribution < -0.4 is 0 Å². The van der Waals surface area contributed by atoms with E-state index in [-0.39, 0.29) is 25.0 Å². The summed E-state index contributed by atoms with van der Waals surface area (Å²) in [7, 11) is 2.17. The van der Waals surface area contributed by atoms with Gasteiger partial charge >= 0.3 is 0 Å². The number of ether oxygens (including phenoxy) is 2. The zero-order chi connectivity index (χ0) is 31.7. The molecule has 0 N–H and O–H groups in total. The second-order valence-electron chi connectivity index (χ2n) is 13.9. The molecule has 256 valence electrons. The van der Waals surface area contributed by atoms with Gasteiger partial charge in [0.25, 0.3) is 0 Å². The van der Waals surface area contributed by atoms with Crippen LogP contribution in [0.1, 0.15) is 59.8 Å². The molecule has 0 aromatic rings. The van der Waals surface area contributed by atoms with E-state index in [1.54, 1.807) is 0 Å². The quantitative estimate of drug-likeness (QED) is 0.290. The summed E-state index contributed by atoms with van der Waals surface area (Å²) in [4.78, 5) is 37.9. The summed E-state index contributed by atoms with van der Waals surface area (Å²) in [5, 5.41) is 0. The lowest BCUT2D eigenvalue weighted by atomic mass is 9.87. The van der Waals surface area contributed by atoms with E-state index in [1.165, 1.54) is 0 Å². The van der Waals surface area contributed by atoms with Crippen molar-refractivity contribution in [1.82, 2.24) is 29.4 Å². The minimum absolute atomic E-state index is 0.168. The number of nitrogens with zero attached hydrogens (tertiary/aromatic N) is 6. The summed E-state index contributed by atoms with van der Waals surface area (Å²) in [6.45, 7) is 26.9. The average molecular weight is 623 g/mol. The normalized spacial score (nSPS) is 22.3. The Labute approximate surface area is 269 Å². The summed E-state index contributed by atoms with van der Waals surface area (Å²) >= 11 is 0. The molecule has 44 heavy (non-hydrogen) atoms. The maximum absolute atomic E-state index is 12.2. The highest BCUT2D eigenvalue weighted by Gasteiger charge is 2.25. The van der Waals surface area contributed by atoms with Crippen LogP contribution in [-0.2, 0) is 19.1 Å². The van der Waals surface area contributed by atoms with Gasteiger partial charge in [0.15, 0.2) is 0 Å². The van der Waals surface area contributed by atoms with Crippen molar-refractivity contribution in [3.8, 4) is 0 Å². The molecule has 4 aliphatic heterocycles. The summed E-state index contributed by atoms with van der Waals surface area (Å²) in [5.41, 5.74) is 0. The lowest BCUT2D eigenvalue weighted by molar-refractivity contribution is -0.138. The molecule has 4 saturated heterocycles. The van der Waals surface area contributed by atoms with Crippen LogP contribution in [0.4, 0.5) is 0 Å². The number of likely N-dealkylation sites (N-methyl/N-ethyl adjacent to an activating group) is 2. The topological polar surface area (TPSA) is 72.0 Å². The molecule has 0 aliphatic carbocycles. The monoisotopic (exact) mass is 623 g/mol. The van der Waals surface area contributed by atoms with Gasteiger partial charge in [-0.25, -0.2) is 0 Å². The third-order valence-electron chi connectivity index (χ3n) is 10.2. The highest BCUT2D eigenvalue weighted by atomic mass is 16.5. The van der Waals surface area contributed by atoms with Gasteiger partial charge in [0.05, 0.1) is 6.61 Å². The number of hydrogen-bond donors (Lipinski definition) is 0. The largest absolute Gasteiger partial charge is 0.372 e. The Morgan fingerprint density at radius 2 is 1.14 bits per heavy atom. The first-order valence-electron chi connectivity index (χ1n) is 17.8. The van der Waals surface area contributed by atoms with Gasteiger partial charge in [-0.15, -0.1) is 0 Å². The molecule has 0 saturated carbocycles. The zero-order valence-corrected chi connectivity index (χ0v) is 29.0. The maximum atomic E-state index is 12.2. The van der Waals surface area contributed by atoms with Crippen molar-refractivity contribution >= 4 is 11.8 Å². The van der Waals surface area contributed by atoms with Crippen LogP contribution in [0.15, 0.2) is 0 Å². The van der Waals surface area contributed by atoms with Gasteiger partial charge < -0.3 is 34.0 Å². The van der Waals surface area contributed by atoms with Crippen LogP contribution in [0.5, 0.6) is 0 Å². The second kappa shape index (κ2) is 20.7. The van der Waals surface area contributed by atoms with Gasteiger partial charge in [0.1, 0.15) is 13.2 Å². The number of carbonyl (C=O) groups excluding carboxylic acids is 2. The van der Waals surface area contributed by atoms with Gasteiger partial charge in [0.2, 0.25) is 11.8 Å². The van der Waals surface area contributed by atoms with Gasteiger partial charge in [0, 0.05) is 98.2 Å². The molecule has 4 rings (SSSR count). The van der Waals surface area contributed by atoms with E-state index in [0.29, 0.717) is 13.2 Å². The SMILES string of the molecule is CC1CCN(C(=O)COCCCN2CCN(C)CC2)CC1.CCN1CCN(CCOCC(=O)N2CCC(C(C)C)CC2)CC1. The molecule has 0 aromatic carbocycles. The van der Waals surface area contributed by atoms with E-state index < -0.39 is 0 Å². The molecule has 4 heterocycles. The smallest absolute Gasteiger partial charge is 0.248 e. The molecule has 0 spiro atoms. The van der Waals surface area contributed by atoms with E-state index in [9.17, 15) is 9.59 Å². The molecule has 0 unspecified atom stereocenters. The fourth-order valence-electron chi connectivity index (χ4n) is 6.56. The van der Waals surface area contributed by atoms with Gasteiger partial charge in [-0.2, -0.15) is 0 Å². The predicted octanol–water partition coefficient (Wildman–Crippen LogP) is 2.43. The third-order valence-corrected chi connectivity index (χ3v) is 10.2. The maximum Gasteiger partial charge on any atom is 0.248 e. The van der Waals surface area contributed by atoms with Crippen molar-refractivity contribution in [2.45, 2.75) is 59.8 Å². The molecular weight excluding hydrogens is 556 g/mol. The molecule has 4 aliphatic rings. The Hall–Kier alpha value is -1.30.